The van der Waals surface area contributed by atoms with Crippen LogP contribution in [-0.4, -0.2) is 12.6 Å². The third-order valence-electron chi connectivity index (χ3n) is 2.76. The second-order valence-electron chi connectivity index (χ2n) is 3.77. The average Bonchev–Trinajstić information content (AvgIpc) is 2.12. The second-order valence-corrected chi connectivity index (χ2v) is 3.77. The van der Waals surface area contributed by atoms with Gasteiger partial charge < -0.3 is 4.74 Å². The highest BCUT2D eigenvalue weighted by Gasteiger charge is 2.26. The van der Waals surface area contributed by atoms with Crippen LogP contribution in [0.2, 0.25) is 0 Å². The molecule has 0 aliphatic carbocycles. The molecule has 2 nitrogen and oxygen atoms in total. The predicted octanol–water partition coefficient (Wildman–Crippen LogP) is 2.69. The third kappa shape index (κ3) is 2.33. The van der Waals surface area contributed by atoms with Crippen LogP contribution in [0.3, 0.4) is 0 Å². The van der Waals surface area contributed by atoms with Crippen molar-refractivity contribution < 1.29 is 9.53 Å². The summed E-state index contributed by atoms with van der Waals surface area (Å²) in [6.45, 7) is 6.73. The summed E-state index contributed by atoms with van der Waals surface area (Å²) in [5.41, 5.74) is 2.45. The number of esters is 1. The number of cyclic esters (lactones) is 1. The normalized spacial score (nSPS) is 23.3. The molecule has 0 spiro atoms. The lowest BCUT2D eigenvalue weighted by Crippen LogP contribution is -2.25. The van der Waals surface area contributed by atoms with E-state index in [1.54, 1.807) is 0 Å². The summed E-state index contributed by atoms with van der Waals surface area (Å²) in [4.78, 5) is 11.4. The fourth-order valence-corrected chi connectivity index (χ4v) is 1.61. The first-order valence-electron chi connectivity index (χ1n) is 4.99. The summed E-state index contributed by atoms with van der Waals surface area (Å²) in [6.07, 6.45) is 3.18. The topological polar surface area (TPSA) is 26.3 Å². The van der Waals surface area contributed by atoms with Crippen LogP contribution in [0.1, 0.15) is 40.0 Å². The van der Waals surface area contributed by atoms with Crippen LogP contribution in [0.4, 0.5) is 0 Å². The Morgan fingerprint density at radius 1 is 1.46 bits per heavy atom. The molecule has 0 aromatic carbocycles. The number of unbranched alkanes of at least 4 members (excludes halogenated alkanes) is 1. The van der Waals surface area contributed by atoms with Gasteiger partial charge >= 0.3 is 5.97 Å². The van der Waals surface area contributed by atoms with E-state index in [4.69, 9.17) is 4.74 Å². The highest BCUT2D eigenvalue weighted by molar-refractivity contribution is 5.77. The summed E-state index contributed by atoms with van der Waals surface area (Å²) in [5, 5.41) is 0. The van der Waals surface area contributed by atoms with Gasteiger partial charge in [0.1, 0.15) is 6.61 Å². The average molecular weight is 182 g/mol. The molecule has 1 unspecified atom stereocenters. The van der Waals surface area contributed by atoms with Crippen molar-refractivity contribution in [3.63, 3.8) is 0 Å². The molecule has 0 bridgehead atoms. The van der Waals surface area contributed by atoms with E-state index < -0.39 is 0 Å². The van der Waals surface area contributed by atoms with Gasteiger partial charge in [0.25, 0.3) is 0 Å². The van der Waals surface area contributed by atoms with Gasteiger partial charge in [0.2, 0.25) is 0 Å². The van der Waals surface area contributed by atoms with E-state index in [1.165, 1.54) is 11.1 Å². The fraction of sp³-hybridized carbons (Fsp3) is 0.727. The van der Waals surface area contributed by atoms with Crippen LogP contribution in [0.25, 0.3) is 0 Å². The molecule has 1 atom stereocenters. The van der Waals surface area contributed by atoms with Gasteiger partial charge in [-0.05, 0) is 25.8 Å². The number of ether oxygens (including phenoxy) is 1. The minimum atomic E-state index is -0.0310. The van der Waals surface area contributed by atoms with Gasteiger partial charge in [-0.3, -0.25) is 4.79 Å². The van der Waals surface area contributed by atoms with E-state index in [2.05, 4.69) is 13.8 Å². The Morgan fingerprint density at radius 2 is 2.15 bits per heavy atom. The smallest absolute Gasteiger partial charge is 0.313 e. The highest BCUT2D eigenvalue weighted by atomic mass is 16.5. The monoisotopic (exact) mass is 182 g/mol. The standard InChI is InChI=1S/C11H18O2/c1-4-5-6-10-9(3)8(2)7-13-11(10)12/h10H,4-7H2,1-3H3. The highest BCUT2D eigenvalue weighted by Crippen LogP contribution is 2.26. The van der Waals surface area contributed by atoms with Crippen LogP contribution in [0, 0.1) is 5.92 Å². The molecule has 1 aliphatic heterocycles. The first-order chi connectivity index (χ1) is 6.16. The molecule has 0 fully saturated rings. The molecule has 0 radical (unpaired) electrons. The van der Waals surface area contributed by atoms with Crippen molar-refractivity contribution in [2.24, 2.45) is 5.92 Å². The molecule has 0 aromatic heterocycles. The molecule has 74 valence electrons. The Morgan fingerprint density at radius 3 is 2.77 bits per heavy atom. The summed E-state index contributed by atoms with van der Waals surface area (Å²) in [6, 6.07) is 0. The zero-order valence-corrected chi connectivity index (χ0v) is 8.72. The van der Waals surface area contributed by atoms with E-state index >= 15 is 0 Å². The van der Waals surface area contributed by atoms with Gasteiger partial charge in [0.15, 0.2) is 0 Å². The first-order valence-corrected chi connectivity index (χ1v) is 4.99. The minimum absolute atomic E-state index is 0.0310. The van der Waals surface area contributed by atoms with Gasteiger partial charge in [0, 0.05) is 0 Å². The minimum Gasteiger partial charge on any atom is -0.461 e. The van der Waals surface area contributed by atoms with Crippen molar-refractivity contribution in [1.82, 2.24) is 0 Å². The Kier molecular flexibility index (Phi) is 3.52. The molecule has 2 heteroatoms. The first kappa shape index (κ1) is 10.3. The van der Waals surface area contributed by atoms with Crippen LogP contribution in [0.5, 0.6) is 0 Å². The summed E-state index contributed by atoms with van der Waals surface area (Å²) in [7, 11) is 0. The van der Waals surface area contributed by atoms with Gasteiger partial charge in [0.05, 0.1) is 5.92 Å². The van der Waals surface area contributed by atoms with Crippen molar-refractivity contribution in [3.8, 4) is 0 Å². The molecule has 0 amide bonds. The maximum atomic E-state index is 11.4. The van der Waals surface area contributed by atoms with Crippen LogP contribution >= 0.6 is 0 Å². The molecule has 1 aliphatic rings. The summed E-state index contributed by atoms with van der Waals surface area (Å²) < 4.78 is 5.07. The molecular formula is C11H18O2. The van der Waals surface area contributed by atoms with Gasteiger partial charge in [-0.2, -0.15) is 0 Å². The van der Waals surface area contributed by atoms with Crippen molar-refractivity contribution in [1.29, 1.82) is 0 Å². The Bertz CT molecular complexity index is 228. The van der Waals surface area contributed by atoms with Crippen molar-refractivity contribution in [3.05, 3.63) is 11.1 Å². The lowest BCUT2D eigenvalue weighted by atomic mass is 9.90. The van der Waals surface area contributed by atoms with Crippen LogP contribution in [0.15, 0.2) is 11.1 Å². The molecule has 13 heavy (non-hydrogen) atoms. The number of rotatable bonds is 3. The zero-order valence-electron chi connectivity index (χ0n) is 8.72. The lowest BCUT2D eigenvalue weighted by Gasteiger charge is -2.23. The SMILES string of the molecule is CCCCC1C(=O)OCC(C)=C1C. The summed E-state index contributed by atoms with van der Waals surface area (Å²) >= 11 is 0. The van der Waals surface area contributed by atoms with Crippen LogP contribution in [-0.2, 0) is 9.53 Å². The number of hydrogen-bond donors (Lipinski definition) is 0. The summed E-state index contributed by atoms with van der Waals surface area (Å²) in [5.74, 6) is 0.00486. The largest absolute Gasteiger partial charge is 0.461 e. The maximum Gasteiger partial charge on any atom is 0.313 e. The van der Waals surface area contributed by atoms with Gasteiger partial charge in [-0.15, -0.1) is 0 Å². The maximum absolute atomic E-state index is 11.4. The Hall–Kier alpha value is -0.790. The molecule has 0 N–H and O–H groups in total. The molecular weight excluding hydrogens is 164 g/mol. The lowest BCUT2D eigenvalue weighted by molar-refractivity contribution is -0.147. The van der Waals surface area contributed by atoms with E-state index in [1.807, 2.05) is 6.92 Å². The van der Waals surface area contributed by atoms with E-state index in [9.17, 15) is 4.79 Å². The van der Waals surface area contributed by atoms with Gasteiger partial charge in [-0.1, -0.05) is 25.3 Å². The quantitative estimate of drug-likeness (QED) is 0.495. The van der Waals surface area contributed by atoms with E-state index in [-0.39, 0.29) is 11.9 Å². The molecule has 0 aromatic rings. The predicted molar refractivity (Wildman–Crippen MR) is 52.3 cm³/mol. The van der Waals surface area contributed by atoms with E-state index in [0.29, 0.717) is 6.61 Å². The third-order valence-corrected chi connectivity index (χ3v) is 2.76. The Labute approximate surface area is 80.0 Å². The number of hydrogen-bond acceptors (Lipinski definition) is 2. The number of carbonyl (C=O) groups is 1. The van der Waals surface area contributed by atoms with Crippen molar-refractivity contribution >= 4 is 5.97 Å². The second kappa shape index (κ2) is 4.45. The zero-order chi connectivity index (χ0) is 9.84. The molecule has 0 saturated carbocycles. The van der Waals surface area contributed by atoms with Gasteiger partial charge in [-0.25, -0.2) is 0 Å². The number of carbonyl (C=O) groups excluding carboxylic acids is 1. The van der Waals surface area contributed by atoms with Crippen molar-refractivity contribution in [2.45, 2.75) is 40.0 Å². The van der Waals surface area contributed by atoms with Crippen molar-refractivity contribution in [2.75, 3.05) is 6.61 Å². The molecule has 0 saturated heterocycles. The molecule has 1 rings (SSSR count). The fourth-order valence-electron chi connectivity index (χ4n) is 1.61. The Balaban J connectivity index is 2.67. The molecule has 1 heterocycles. The van der Waals surface area contributed by atoms with Crippen LogP contribution < -0.4 is 0 Å². The van der Waals surface area contributed by atoms with E-state index in [0.717, 1.165) is 19.3 Å².